The SMILES string of the molecule is COc1ccc(S(=O)(=O)NCC2CCS(=O)(=O)C2)c(OC)c1. The molecule has 1 aliphatic heterocycles. The highest BCUT2D eigenvalue weighted by molar-refractivity contribution is 7.91. The number of rotatable bonds is 6. The summed E-state index contributed by atoms with van der Waals surface area (Å²) < 4.78 is 60.1. The molecule has 1 unspecified atom stereocenters. The third-order valence-corrected chi connectivity index (χ3v) is 6.85. The number of methoxy groups -OCH3 is 2. The molecule has 0 aromatic heterocycles. The summed E-state index contributed by atoms with van der Waals surface area (Å²) in [6.07, 6.45) is 0.477. The van der Waals surface area contributed by atoms with Crippen LogP contribution >= 0.6 is 0 Å². The molecule has 7 nitrogen and oxygen atoms in total. The summed E-state index contributed by atoms with van der Waals surface area (Å²) in [6.45, 7) is 0.0940. The largest absolute Gasteiger partial charge is 0.497 e. The Morgan fingerprint density at radius 2 is 2.00 bits per heavy atom. The highest BCUT2D eigenvalue weighted by atomic mass is 32.2. The molecule has 124 valence electrons. The normalized spacial score (nSPS) is 20.7. The van der Waals surface area contributed by atoms with Crippen LogP contribution in [0, 0.1) is 5.92 Å². The average Bonchev–Trinajstić information content (AvgIpc) is 2.84. The van der Waals surface area contributed by atoms with E-state index < -0.39 is 19.9 Å². The number of sulfone groups is 1. The summed E-state index contributed by atoms with van der Waals surface area (Å²) in [5, 5.41) is 0. The van der Waals surface area contributed by atoms with Gasteiger partial charge in [-0.25, -0.2) is 21.6 Å². The van der Waals surface area contributed by atoms with Crippen molar-refractivity contribution in [1.82, 2.24) is 4.72 Å². The van der Waals surface area contributed by atoms with Crippen LogP contribution in [0.2, 0.25) is 0 Å². The molecule has 0 amide bonds. The van der Waals surface area contributed by atoms with Crippen LogP contribution in [0.1, 0.15) is 6.42 Å². The van der Waals surface area contributed by atoms with Crippen molar-refractivity contribution in [1.29, 1.82) is 0 Å². The lowest BCUT2D eigenvalue weighted by atomic mass is 10.1. The maximum Gasteiger partial charge on any atom is 0.244 e. The van der Waals surface area contributed by atoms with Crippen molar-refractivity contribution >= 4 is 19.9 Å². The van der Waals surface area contributed by atoms with Gasteiger partial charge in [0.2, 0.25) is 10.0 Å². The Kier molecular flexibility index (Phi) is 4.98. The second-order valence-electron chi connectivity index (χ2n) is 5.14. The van der Waals surface area contributed by atoms with Crippen molar-refractivity contribution in [3.63, 3.8) is 0 Å². The summed E-state index contributed by atoms with van der Waals surface area (Å²) in [7, 11) is -3.96. The lowest BCUT2D eigenvalue weighted by molar-refractivity contribution is 0.385. The molecular weight excluding hydrogens is 330 g/mol. The molecule has 1 saturated heterocycles. The third kappa shape index (κ3) is 3.90. The van der Waals surface area contributed by atoms with Crippen LogP contribution in [0.3, 0.4) is 0 Å². The number of ether oxygens (including phenoxy) is 2. The molecule has 0 spiro atoms. The van der Waals surface area contributed by atoms with Gasteiger partial charge in [-0.3, -0.25) is 0 Å². The lowest BCUT2D eigenvalue weighted by Crippen LogP contribution is -2.30. The number of sulfonamides is 1. The Hall–Kier alpha value is -1.32. The van der Waals surface area contributed by atoms with Crippen molar-refractivity contribution in [3.05, 3.63) is 18.2 Å². The summed E-state index contributed by atoms with van der Waals surface area (Å²) in [5.74, 6) is 0.605. The van der Waals surface area contributed by atoms with Gasteiger partial charge >= 0.3 is 0 Å². The number of nitrogens with one attached hydrogen (secondary N) is 1. The molecule has 1 aromatic carbocycles. The lowest BCUT2D eigenvalue weighted by Gasteiger charge is -2.13. The monoisotopic (exact) mass is 349 g/mol. The standard InChI is InChI=1S/C13H19NO6S2/c1-19-11-3-4-13(12(7-11)20-2)22(17,18)14-8-10-5-6-21(15,16)9-10/h3-4,7,10,14H,5-6,8-9H2,1-2H3. The zero-order valence-corrected chi connectivity index (χ0v) is 14.0. The van der Waals surface area contributed by atoms with Crippen molar-refractivity contribution in [3.8, 4) is 11.5 Å². The quantitative estimate of drug-likeness (QED) is 0.799. The predicted octanol–water partition coefficient (Wildman–Crippen LogP) is 0.417. The van der Waals surface area contributed by atoms with Gasteiger partial charge in [-0.05, 0) is 24.5 Å². The van der Waals surface area contributed by atoms with Crippen molar-refractivity contribution in [2.45, 2.75) is 11.3 Å². The Balaban J connectivity index is 2.13. The fourth-order valence-electron chi connectivity index (χ4n) is 2.34. The molecule has 1 fully saturated rings. The van der Waals surface area contributed by atoms with Gasteiger partial charge < -0.3 is 9.47 Å². The Morgan fingerprint density at radius 1 is 1.27 bits per heavy atom. The van der Waals surface area contributed by atoms with Crippen LogP contribution in [-0.2, 0) is 19.9 Å². The van der Waals surface area contributed by atoms with Crippen molar-refractivity contribution < 1.29 is 26.3 Å². The molecular formula is C13H19NO6S2. The molecule has 2 rings (SSSR count). The van der Waals surface area contributed by atoms with Crippen LogP contribution in [-0.4, -0.2) is 49.1 Å². The first-order valence-corrected chi connectivity index (χ1v) is 10.00. The van der Waals surface area contributed by atoms with Crippen LogP contribution in [0.25, 0.3) is 0 Å². The average molecular weight is 349 g/mol. The molecule has 1 N–H and O–H groups in total. The highest BCUT2D eigenvalue weighted by Crippen LogP contribution is 2.28. The van der Waals surface area contributed by atoms with E-state index >= 15 is 0 Å². The molecule has 1 atom stereocenters. The van der Waals surface area contributed by atoms with E-state index in [0.717, 1.165) is 0 Å². The van der Waals surface area contributed by atoms with E-state index in [1.54, 1.807) is 0 Å². The Labute approximate surface area is 130 Å². The van der Waals surface area contributed by atoms with E-state index in [9.17, 15) is 16.8 Å². The first kappa shape index (κ1) is 17.0. The van der Waals surface area contributed by atoms with E-state index in [1.807, 2.05) is 0 Å². The molecule has 9 heteroatoms. The summed E-state index contributed by atoms with van der Waals surface area (Å²) in [6, 6.07) is 4.40. The van der Waals surface area contributed by atoms with E-state index in [0.29, 0.717) is 12.2 Å². The maximum absolute atomic E-state index is 12.3. The van der Waals surface area contributed by atoms with E-state index in [1.165, 1.54) is 32.4 Å². The fourth-order valence-corrected chi connectivity index (χ4v) is 5.46. The van der Waals surface area contributed by atoms with Crippen molar-refractivity contribution in [2.75, 3.05) is 32.3 Å². The van der Waals surface area contributed by atoms with Gasteiger partial charge in [-0.2, -0.15) is 0 Å². The maximum atomic E-state index is 12.3. The fraction of sp³-hybridized carbons (Fsp3) is 0.538. The first-order valence-electron chi connectivity index (χ1n) is 6.69. The van der Waals surface area contributed by atoms with Crippen molar-refractivity contribution in [2.24, 2.45) is 5.92 Å². The zero-order valence-electron chi connectivity index (χ0n) is 12.4. The van der Waals surface area contributed by atoms with Gasteiger partial charge in [0.1, 0.15) is 16.4 Å². The van der Waals surface area contributed by atoms with Gasteiger partial charge in [-0.15, -0.1) is 0 Å². The van der Waals surface area contributed by atoms with E-state index in [2.05, 4.69) is 4.72 Å². The Bertz CT molecular complexity index is 742. The number of hydrogen-bond donors (Lipinski definition) is 1. The van der Waals surface area contributed by atoms with Gasteiger partial charge in [0, 0.05) is 12.6 Å². The zero-order chi connectivity index (χ0) is 16.4. The number of benzene rings is 1. The minimum absolute atomic E-state index is 0.00310. The Morgan fingerprint density at radius 3 is 2.55 bits per heavy atom. The predicted molar refractivity (Wildman–Crippen MR) is 81.5 cm³/mol. The van der Waals surface area contributed by atoms with Crippen LogP contribution in [0.5, 0.6) is 11.5 Å². The first-order chi connectivity index (χ1) is 10.3. The third-order valence-electron chi connectivity index (χ3n) is 3.55. The van der Waals surface area contributed by atoms with Crippen LogP contribution in [0.4, 0.5) is 0 Å². The van der Waals surface area contributed by atoms with Gasteiger partial charge in [-0.1, -0.05) is 0 Å². The topological polar surface area (TPSA) is 98.8 Å². The van der Waals surface area contributed by atoms with Crippen LogP contribution < -0.4 is 14.2 Å². The molecule has 0 bridgehead atoms. The van der Waals surface area contributed by atoms with Gasteiger partial charge in [0.15, 0.2) is 9.84 Å². The molecule has 1 aliphatic rings. The summed E-state index contributed by atoms with van der Waals surface area (Å²) in [4.78, 5) is -0.00310. The molecule has 0 aliphatic carbocycles. The minimum Gasteiger partial charge on any atom is -0.497 e. The van der Waals surface area contributed by atoms with Crippen LogP contribution in [0.15, 0.2) is 23.1 Å². The van der Waals surface area contributed by atoms with E-state index in [4.69, 9.17) is 9.47 Å². The number of hydrogen-bond acceptors (Lipinski definition) is 6. The molecule has 22 heavy (non-hydrogen) atoms. The highest BCUT2D eigenvalue weighted by Gasteiger charge is 2.29. The minimum atomic E-state index is -3.78. The molecule has 0 saturated carbocycles. The molecule has 0 radical (unpaired) electrons. The molecule has 1 heterocycles. The van der Waals surface area contributed by atoms with Gasteiger partial charge in [0.05, 0.1) is 25.7 Å². The van der Waals surface area contributed by atoms with Gasteiger partial charge in [0.25, 0.3) is 0 Å². The summed E-state index contributed by atoms with van der Waals surface area (Å²) >= 11 is 0. The molecule has 1 aromatic rings. The smallest absolute Gasteiger partial charge is 0.244 e. The van der Waals surface area contributed by atoms with E-state index in [-0.39, 0.29) is 34.6 Å². The summed E-state index contributed by atoms with van der Waals surface area (Å²) in [5.41, 5.74) is 0. The second-order valence-corrected chi connectivity index (χ2v) is 9.10. The second kappa shape index (κ2) is 6.43.